The number of unbranched alkanes of at least 4 members (excludes halogenated alkanes) is 1. The highest BCUT2D eigenvalue weighted by Gasteiger charge is 1.96. The van der Waals surface area contributed by atoms with Gasteiger partial charge in [-0.15, -0.1) is 0 Å². The van der Waals surface area contributed by atoms with Crippen LogP contribution in [-0.2, 0) is 6.54 Å². The van der Waals surface area contributed by atoms with Crippen molar-refractivity contribution in [2.45, 2.75) is 19.4 Å². The van der Waals surface area contributed by atoms with Gasteiger partial charge in [-0.1, -0.05) is 0 Å². The fourth-order valence-electron chi connectivity index (χ4n) is 1.70. The van der Waals surface area contributed by atoms with Crippen LogP contribution >= 0.6 is 0 Å². The van der Waals surface area contributed by atoms with Gasteiger partial charge in [-0.25, -0.2) is 9.97 Å². The van der Waals surface area contributed by atoms with Gasteiger partial charge >= 0.3 is 0 Å². The van der Waals surface area contributed by atoms with Crippen molar-refractivity contribution >= 4 is 5.69 Å². The summed E-state index contributed by atoms with van der Waals surface area (Å²) < 4.78 is 7.16. The van der Waals surface area contributed by atoms with Crippen molar-refractivity contribution in [3.8, 4) is 5.88 Å². The van der Waals surface area contributed by atoms with E-state index in [0.29, 0.717) is 5.88 Å². The number of nitrogens with zero attached hydrogens (tertiary/aromatic N) is 3. The first-order valence-electron chi connectivity index (χ1n) is 6.08. The Kier molecular flexibility index (Phi) is 4.58. The molecule has 2 aromatic heterocycles. The molecule has 96 valence electrons. The molecule has 5 heteroatoms. The Bertz CT molecular complexity index is 456. The lowest BCUT2D eigenvalue weighted by Crippen LogP contribution is -2.04. The molecule has 0 saturated heterocycles. The van der Waals surface area contributed by atoms with Gasteiger partial charge in [0.15, 0.2) is 0 Å². The summed E-state index contributed by atoms with van der Waals surface area (Å²) in [5.74, 6) is 0.637. The number of hydrogen-bond acceptors (Lipinski definition) is 4. The fraction of sp³-hybridized carbons (Fsp3) is 0.385. The maximum absolute atomic E-state index is 5.07. The number of aromatic nitrogens is 3. The molecule has 0 saturated carbocycles. The number of rotatable bonds is 7. The van der Waals surface area contributed by atoms with Crippen LogP contribution in [0.3, 0.4) is 0 Å². The van der Waals surface area contributed by atoms with E-state index in [0.717, 1.165) is 31.6 Å². The summed E-state index contributed by atoms with van der Waals surface area (Å²) in [7, 11) is 1.62. The topological polar surface area (TPSA) is 52.0 Å². The summed E-state index contributed by atoms with van der Waals surface area (Å²) in [6.07, 6.45) is 9.63. The van der Waals surface area contributed by atoms with Crippen molar-refractivity contribution < 1.29 is 4.74 Å². The Labute approximate surface area is 107 Å². The molecule has 5 nitrogen and oxygen atoms in total. The van der Waals surface area contributed by atoms with Crippen LogP contribution < -0.4 is 10.1 Å². The highest BCUT2D eigenvalue weighted by atomic mass is 16.5. The summed E-state index contributed by atoms with van der Waals surface area (Å²) in [4.78, 5) is 8.08. The van der Waals surface area contributed by atoms with E-state index in [4.69, 9.17) is 4.74 Å². The van der Waals surface area contributed by atoms with Crippen LogP contribution in [0.25, 0.3) is 0 Å². The van der Waals surface area contributed by atoms with Crippen LogP contribution in [0.4, 0.5) is 5.69 Å². The highest BCUT2D eigenvalue weighted by Crippen LogP contribution is 2.13. The van der Waals surface area contributed by atoms with Gasteiger partial charge in [0.05, 0.1) is 13.4 Å². The lowest BCUT2D eigenvalue weighted by Gasteiger charge is -2.07. The largest absolute Gasteiger partial charge is 0.481 e. The minimum absolute atomic E-state index is 0.637. The quantitative estimate of drug-likeness (QED) is 0.761. The molecule has 0 aliphatic heterocycles. The van der Waals surface area contributed by atoms with Crippen LogP contribution in [0, 0.1) is 0 Å². The molecule has 0 spiro atoms. The first-order valence-corrected chi connectivity index (χ1v) is 6.08. The zero-order chi connectivity index (χ0) is 12.6. The Morgan fingerprint density at radius 3 is 3.06 bits per heavy atom. The standard InChI is InChI=1S/C13H18N4O/c1-18-13-10-12(4-6-16-13)15-5-2-3-8-17-9-7-14-11-17/h4,6-7,9-11H,2-3,5,8H2,1H3,(H,15,16). The van der Waals surface area contributed by atoms with Crippen LogP contribution in [0.5, 0.6) is 5.88 Å². The molecule has 18 heavy (non-hydrogen) atoms. The summed E-state index contributed by atoms with van der Waals surface area (Å²) in [6.45, 7) is 1.96. The lowest BCUT2D eigenvalue weighted by molar-refractivity contribution is 0.398. The molecule has 0 atom stereocenters. The van der Waals surface area contributed by atoms with Crippen LogP contribution in [0.1, 0.15) is 12.8 Å². The monoisotopic (exact) mass is 246 g/mol. The number of ether oxygens (including phenoxy) is 1. The van der Waals surface area contributed by atoms with Gasteiger partial charge < -0.3 is 14.6 Å². The molecule has 1 N–H and O–H groups in total. The van der Waals surface area contributed by atoms with Crippen molar-refractivity contribution in [1.29, 1.82) is 0 Å². The van der Waals surface area contributed by atoms with E-state index in [9.17, 15) is 0 Å². The number of aryl methyl sites for hydroxylation is 1. The van der Waals surface area contributed by atoms with E-state index in [-0.39, 0.29) is 0 Å². The van der Waals surface area contributed by atoms with E-state index in [1.807, 2.05) is 30.9 Å². The molecule has 2 rings (SSSR count). The number of methoxy groups -OCH3 is 1. The van der Waals surface area contributed by atoms with Crippen molar-refractivity contribution in [2.75, 3.05) is 19.0 Å². The molecule has 0 radical (unpaired) electrons. The normalized spacial score (nSPS) is 10.3. The molecule has 0 aliphatic carbocycles. The van der Waals surface area contributed by atoms with Gasteiger partial charge in [0.2, 0.25) is 5.88 Å². The van der Waals surface area contributed by atoms with Gasteiger partial charge in [0.1, 0.15) is 0 Å². The number of nitrogens with one attached hydrogen (secondary N) is 1. The maximum atomic E-state index is 5.07. The summed E-state index contributed by atoms with van der Waals surface area (Å²) in [5, 5.41) is 3.35. The minimum atomic E-state index is 0.637. The smallest absolute Gasteiger partial charge is 0.214 e. The Balaban J connectivity index is 1.65. The number of pyridine rings is 1. The Morgan fingerprint density at radius 2 is 2.28 bits per heavy atom. The molecule has 0 aliphatic rings. The maximum Gasteiger partial charge on any atom is 0.214 e. The predicted molar refractivity (Wildman–Crippen MR) is 70.7 cm³/mol. The second-order valence-electron chi connectivity index (χ2n) is 4.02. The van der Waals surface area contributed by atoms with Gasteiger partial charge in [-0.2, -0.15) is 0 Å². The number of imidazole rings is 1. The van der Waals surface area contributed by atoms with E-state index in [1.165, 1.54) is 0 Å². The molecule has 0 aromatic carbocycles. The third-order valence-corrected chi connectivity index (χ3v) is 2.68. The lowest BCUT2D eigenvalue weighted by atomic mass is 10.3. The van der Waals surface area contributed by atoms with Gasteiger partial charge in [-0.05, 0) is 18.9 Å². The van der Waals surface area contributed by atoms with Crippen LogP contribution in [-0.4, -0.2) is 28.2 Å². The molecule has 0 fully saturated rings. The number of hydrogen-bond donors (Lipinski definition) is 1. The van der Waals surface area contributed by atoms with E-state index >= 15 is 0 Å². The highest BCUT2D eigenvalue weighted by molar-refractivity contribution is 5.44. The molecule has 0 bridgehead atoms. The zero-order valence-corrected chi connectivity index (χ0v) is 10.5. The Morgan fingerprint density at radius 1 is 1.33 bits per heavy atom. The Hall–Kier alpha value is -2.04. The first kappa shape index (κ1) is 12.4. The third kappa shape index (κ3) is 3.76. The predicted octanol–water partition coefficient (Wildman–Crippen LogP) is 2.18. The molecular formula is C13H18N4O. The zero-order valence-electron chi connectivity index (χ0n) is 10.5. The molecular weight excluding hydrogens is 228 g/mol. The van der Waals surface area contributed by atoms with Crippen molar-refractivity contribution in [1.82, 2.24) is 14.5 Å². The molecule has 2 aromatic rings. The second-order valence-corrected chi connectivity index (χ2v) is 4.02. The van der Waals surface area contributed by atoms with Crippen molar-refractivity contribution in [3.63, 3.8) is 0 Å². The van der Waals surface area contributed by atoms with Gasteiger partial charge in [-0.3, -0.25) is 0 Å². The summed E-state index contributed by atoms with van der Waals surface area (Å²) in [6, 6.07) is 3.84. The average Bonchev–Trinajstić information content (AvgIpc) is 2.92. The van der Waals surface area contributed by atoms with Gasteiger partial charge in [0, 0.05) is 43.4 Å². The fourth-order valence-corrected chi connectivity index (χ4v) is 1.70. The van der Waals surface area contributed by atoms with Crippen molar-refractivity contribution in [2.24, 2.45) is 0 Å². The molecule has 0 amide bonds. The molecule has 2 heterocycles. The van der Waals surface area contributed by atoms with Gasteiger partial charge in [0.25, 0.3) is 0 Å². The summed E-state index contributed by atoms with van der Waals surface area (Å²) >= 11 is 0. The van der Waals surface area contributed by atoms with E-state index in [1.54, 1.807) is 13.3 Å². The summed E-state index contributed by atoms with van der Waals surface area (Å²) in [5.41, 5.74) is 1.05. The molecule has 0 unspecified atom stereocenters. The van der Waals surface area contributed by atoms with Crippen LogP contribution in [0.15, 0.2) is 37.1 Å². The van der Waals surface area contributed by atoms with E-state index in [2.05, 4.69) is 19.9 Å². The second kappa shape index (κ2) is 6.64. The number of anilines is 1. The van der Waals surface area contributed by atoms with Crippen molar-refractivity contribution in [3.05, 3.63) is 37.1 Å². The van der Waals surface area contributed by atoms with Crippen LogP contribution in [0.2, 0.25) is 0 Å². The average molecular weight is 246 g/mol. The first-order chi connectivity index (χ1) is 8.88. The van der Waals surface area contributed by atoms with E-state index < -0.39 is 0 Å². The third-order valence-electron chi connectivity index (χ3n) is 2.68. The minimum Gasteiger partial charge on any atom is -0.481 e. The SMILES string of the molecule is COc1cc(NCCCCn2ccnc2)ccn1.